The number of carbonyl (C=O) groups excluding carboxylic acids is 2. The van der Waals surface area contributed by atoms with E-state index in [-0.39, 0.29) is 17.9 Å². The first-order chi connectivity index (χ1) is 16.0. The van der Waals surface area contributed by atoms with Crippen LogP contribution in [0.25, 0.3) is 0 Å². The van der Waals surface area contributed by atoms with Gasteiger partial charge in [0.05, 0.1) is 29.1 Å². The number of nitriles is 1. The summed E-state index contributed by atoms with van der Waals surface area (Å²) in [6, 6.07) is 25.3. The van der Waals surface area contributed by atoms with Gasteiger partial charge in [0.1, 0.15) is 12.0 Å². The lowest BCUT2D eigenvalue weighted by molar-refractivity contribution is -0.141. The van der Waals surface area contributed by atoms with Gasteiger partial charge in [-0.05, 0) is 49.2 Å². The van der Waals surface area contributed by atoms with Crippen LogP contribution >= 0.6 is 0 Å². The number of amides is 2. The third-order valence-electron chi connectivity index (χ3n) is 6.36. The van der Waals surface area contributed by atoms with E-state index in [1.807, 2.05) is 68.4 Å². The predicted molar refractivity (Wildman–Crippen MR) is 125 cm³/mol. The van der Waals surface area contributed by atoms with Crippen molar-refractivity contribution in [2.75, 3.05) is 5.01 Å². The molecule has 0 radical (unpaired) electrons. The van der Waals surface area contributed by atoms with Crippen LogP contribution in [0.3, 0.4) is 0 Å². The molecule has 3 atom stereocenters. The van der Waals surface area contributed by atoms with E-state index < -0.39 is 12.0 Å². The first-order valence-corrected chi connectivity index (χ1v) is 10.9. The molecule has 2 amide bonds. The van der Waals surface area contributed by atoms with E-state index in [1.165, 1.54) is 4.90 Å². The van der Waals surface area contributed by atoms with Crippen molar-refractivity contribution < 1.29 is 9.59 Å². The minimum absolute atomic E-state index is 0.239. The highest BCUT2D eigenvalue weighted by atomic mass is 16.2. The highest BCUT2D eigenvalue weighted by Gasteiger charge is 2.58. The molecule has 2 aliphatic rings. The van der Waals surface area contributed by atoms with E-state index in [4.69, 9.17) is 10.4 Å². The SMILES string of the molecule is Cc1ccc(C2=NN(c3ccc(C#N)cc3)[C@@H]3C(=O)N([C@H](C)c4ccccc4)C(=O)[C@H]23)cc1. The van der Waals surface area contributed by atoms with Crippen LogP contribution in [0.1, 0.15) is 35.2 Å². The number of anilines is 1. The highest BCUT2D eigenvalue weighted by molar-refractivity contribution is 6.25. The number of aryl methyl sites for hydroxylation is 1. The molecule has 0 bridgehead atoms. The van der Waals surface area contributed by atoms with E-state index in [0.717, 1.165) is 16.7 Å². The number of carbonyl (C=O) groups is 2. The molecule has 6 heteroatoms. The van der Waals surface area contributed by atoms with Crippen molar-refractivity contribution in [2.24, 2.45) is 11.0 Å². The predicted octanol–water partition coefficient (Wildman–Crippen LogP) is 4.21. The topological polar surface area (TPSA) is 76.8 Å². The monoisotopic (exact) mass is 434 g/mol. The lowest BCUT2D eigenvalue weighted by atomic mass is 9.92. The second-order valence-electron chi connectivity index (χ2n) is 8.41. The van der Waals surface area contributed by atoms with E-state index in [2.05, 4.69) is 6.07 Å². The average molecular weight is 434 g/mol. The zero-order valence-corrected chi connectivity index (χ0v) is 18.3. The molecule has 162 valence electrons. The van der Waals surface area contributed by atoms with Crippen LogP contribution in [0.4, 0.5) is 5.69 Å². The van der Waals surface area contributed by atoms with Gasteiger partial charge in [-0.3, -0.25) is 19.5 Å². The molecule has 3 aromatic carbocycles. The van der Waals surface area contributed by atoms with E-state index in [1.54, 1.807) is 29.3 Å². The summed E-state index contributed by atoms with van der Waals surface area (Å²) in [7, 11) is 0. The Morgan fingerprint density at radius 1 is 0.909 bits per heavy atom. The number of likely N-dealkylation sites (tertiary alicyclic amines) is 1. The zero-order chi connectivity index (χ0) is 23.1. The van der Waals surface area contributed by atoms with Crippen molar-refractivity contribution in [3.8, 4) is 6.07 Å². The summed E-state index contributed by atoms with van der Waals surface area (Å²) in [5.41, 5.74) is 4.60. The Bertz CT molecular complexity index is 1290. The summed E-state index contributed by atoms with van der Waals surface area (Å²) in [5, 5.41) is 15.5. The van der Waals surface area contributed by atoms with Crippen LogP contribution < -0.4 is 5.01 Å². The molecule has 0 saturated carbocycles. The first kappa shape index (κ1) is 20.7. The Morgan fingerprint density at radius 2 is 1.58 bits per heavy atom. The number of imide groups is 1. The number of hydrogen-bond acceptors (Lipinski definition) is 5. The molecule has 1 fully saturated rings. The lowest BCUT2D eigenvalue weighted by Crippen LogP contribution is -2.40. The van der Waals surface area contributed by atoms with E-state index in [9.17, 15) is 9.59 Å². The number of hydrogen-bond donors (Lipinski definition) is 0. The van der Waals surface area contributed by atoms with Gasteiger partial charge >= 0.3 is 0 Å². The molecule has 2 aliphatic heterocycles. The summed E-state index contributed by atoms with van der Waals surface area (Å²) in [6.07, 6.45) is 0. The number of hydrazone groups is 1. The Hall–Kier alpha value is -4.24. The largest absolute Gasteiger partial charge is 0.274 e. The molecule has 5 rings (SSSR count). The van der Waals surface area contributed by atoms with Crippen molar-refractivity contribution in [1.29, 1.82) is 5.26 Å². The van der Waals surface area contributed by atoms with Crippen LogP contribution in [0.15, 0.2) is 84.0 Å². The van der Waals surface area contributed by atoms with Crippen molar-refractivity contribution >= 4 is 23.2 Å². The van der Waals surface area contributed by atoms with Gasteiger partial charge in [-0.15, -0.1) is 0 Å². The van der Waals surface area contributed by atoms with Crippen molar-refractivity contribution in [3.05, 3.63) is 101 Å². The molecule has 0 N–H and O–H groups in total. The van der Waals surface area contributed by atoms with Crippen LogP contribution in [0, 0.1) is 24.2 Å². The van der Waals surface area contributed by atoms with Crippen molar-refractivity contribution in [2.45, 2.75) is 25.9 Å². The molecular weight excluding hydrogens is 412 g/mol. The third kappa shape index (κ3) is 3.39. The molecule has 0 unspecified atom stereocenters. The normalized spacial score (nSPS) is 20.5. The standard InChI is InChI=1S/C27H22N4O2/c1-17-8-12-21(13-9-17)24-23-25(31(29-24)22-14-10-19(16-28)11-15-22)27(33)30(26(23)32)18(2)20-6-4-3-5-7-20/h3-15,18,23,25H,1-2H3/t18-,23-,25+/m1/s1. The minimum Gasteiger partial charge on any atom is -0.274 e. The Morgan fingerprint density at radius 3 is 2.21 bits per heavy atom. The van der Waals surface area contributed by atoms with Crippen molar-refractivity contribution in [3.63, 3.8) is 0 Å². The van der Waals surface area contributed by atoms with Gasteiger partial charge in [0.15, 0.2) is 0 Å². The average Bonchev–Trinajstić information content (AvgIpc) is 3.36. The smallest absolute Gasteiger partial charge is 0.255 e. The quantitative estimate of drug-likeness (QED) is 0.577. The summed E-state index contributed by atoms with van der Waals surface area (Å²) >= 11 is 0. The molecule has 2 heterocycles. The van der Waals surface area contributed by atoms with E-state index >= 15 is 0 Å². The molecule has 33 heavy (non-hydrogen) atoms. The third-order valence-corrected chi connectivity index (χ3v) is 6.36. The van der Waals surface area contributed by atoms with Crippen LogP contribution in [-0.4, -0.2) is 28.5 Å². The second-order valence-corrected chi connectivity index (χ2v) is 8.41. The molecular formula is C27H22N4O2. The van der Waals surface area contributed by atoms with E-state index in [0.29, 0.717) is 17.0 Å². The number of fused-ring (bicyclic) bond motifs is 1. The van der Waals surface area contributed by atoms with Gasteiger partial charge in [-0.1, -0.05) is 60.2 Å². The Balaban J connectivity index is 1.59. The van der Waals surface area contributed by atoms with Gasteiger partial charge in [-0.25, -0.2) is 0 Å². The van der Waals surface area contributed by atoms with Gasteiger partial charge < -0.3 is 0 Å². The van der Waals surface area contributed by atoms with Crippen LogP contribution in [0.2, 0.25) is 0 Å². The van der Waals surface area contributed by atoms with Crippen LogP contribution in [-0.2, 0) is 9.59 Å². The van der Waals surface area contributed by atoms with Gasteiger partial charge in [-0.2, -0.15) is 10.4 Å². The fourth-order valence-electron chi connectivity index (χ4n) is 4.56. The van der Waals surface area contributed by atoms with Crippen molar-refractivity contribution in [1.82, 2.24) is 4.90 Å². The second kappa shape index (κ2) is 8.03. The van der Waals surface area contributed by atoms with Gasteiger partial charge in [0, 0.05) is 0 Å². The van der Waals surface area contributed by atoms with Gasteiger partial charge in [0.25, 0.3) is 5.91 Å². The molecule has 1 saturated heterocycles. The minimum atomic E-state index is -0.757. The summed E-state index contributed by atoms with van der Waals surface area (Å²) in [4.78, 5) is 28.8. The summed E-state index contributed by atoms with van der Waals surface area (Å²) < 4.78 is 0. The number of benzene rings is 3. The Kier molecular flexibility index (Phi) is 5.02. The molecule has 0 aromatic heterocycles. The molecule has 3 aromatic rings. The Labute approximate surface area is 192 Å². The molecule has 0 aliphatic carbocycles. The summed E-state index contributed by atoms with van der Waals surface area (Å²) in [5.74, 6) is -1.20. The first-order valence-electron chi connectivity index (χ1n) is 10.9. The molecule has 0 spiro atoms. The maximum absolute atomic E-state index is 13.7. The fourth-order valence-corrected chi connectivity index (χ4v) is 4.56. The highest BCUT2D eigenvalue weighted by Crippen LogP contribution is 2.40. The van der Waals surface area contributed by atoms with Gasteiger partial charge in [0.2, 0.25) is 5.91 Å². The lowest BCUT2D eigenvalue weighted by Gasteiger charge is -2.26. The maximum atomic E-state index is 13.7. The fraction of sp³-hybridized carbons (Fsp3) is 0.185. The number of rotatable bonds is 4. The van der Waals surface area contributed by atoms with Crippen LogP contribution in [0.5, 0.6) is 0 Å². The zero-order valence-electron chi connectivity index (χ0n) is 18.3. The summed E-state index contributed by atoms with van der Waals surface area (Å²) in [6.45, 7) is 3.88. The number of nitrogens with zero attached hydrogens (tertiary/aromatic N) is 4. The molecule has 6 nitrogen and oxygen atoms in total. The maximum Gasteiger partial charge on any atom is 0.255 e.